The summed E-state index contributed by atoms with van der Waals surface area (Å²) in [5, 5.41) is 18.8. The first-order valence-electron chi connectivity index (χ1n) is 7.80. The number of hydrogen-bond donors (Lipinski definition) is 3. The fourth-order valence-corrected chi connectivity index (χ4v) is 2.31. The van der Waals surface area contributed by atoms with Crippen LogP contribution in [0.15, 0.2) is 59.1 Å². The zero-order valence-corrected chi connectivity index (χ0v) is 13.6. The summed E-state index contributed by atoms with van der Waals surface area (Å²) in [5.41, 5.74) is 2.48. The first-order chi connectivity index (χ1) is 12.2. The van der Waals surface area contributed by atoms with Crippen LogP contribution >= 0.6 is 0 Å². The number of carbonyl (C=O) groups excluding carboxylic acids is 1. The number of carbonyl (C=O) groups is 1. The van der Waals surface area contributed by atoms with Crippen molar-refractivity contribution in [1.82, 2.24) is 15.5 Å². The van der Waals surface area contributed by atoms with Crippen LogP contribution in [0.2, 0.25) is 0 Å². The highest BCUT2D eigenvalue weighted by Crippen LogP contribution is 2.18. The molecule has 2 aromatic carbocycles. The molecule has 0 aliphatic heterocycles. The lowest BCUT2D eigenvalue weighted by Crippen LogP contribution is -2.34. The van der Waals surface area contributed by atoms with E-state index in [1.165, 1.54) is 0 Å². The second kappa shape index (κ2) is 7.59. The van der Waals surface area contributed by atoms with Crippen molar-refractivity contribution < 1.29 is 14.4 Å². The van der Waals surface area contributed by atoms with Crippen LogP contribution in [0, 0.1) is 6.92 Å². The lowest BCUT2D eigenvalue weighted by molar-refractivity contribution is 0.205. The molecule has 3 aromatic rings. The molecule has 1 aromatic heterocycles. The molecule has 0 bridgehead atoms. The number of urea groups is 1. The Kier molecular flexibility index (Phi) is 5.06. The topological polar surface area (TPSA) is 100 Å². The minimum Gasteiger partial charge on any atom is -0.394 e. The molecule has 0 fully saturated rings. The zero-order valence-electron chi connectivity index (χ0n) is 13.6. The van der Waals surface area contributed by atoms with E-state index >= 15 is 0 Å². The van der Waals surface area contributed by atoms with E-state index in [2.05, 4.69) is 20.8 Å². The molecule has 0 spiro atoms. The third-order valence-electron chi connectivity index (χ3n) is 3.54. The number of anilines is 1. The quantitative estimate of drug-likeness (QED) is 0.664. The van der Waals surface area contributed by atoms with Crippen LogP contribution < -0.4 is 10.6 Å². The summed E-state index contributed by atoms with van der Waals surface area (Å²) in [6.45, 7) is 1.57. The lowest BCUT2D eigenvalue weighted by Gasteiger charge is -2.13. The van der Waals surface area contributed by atoms with Gasteiger partial charge in [-0.2, -0.15) is 4.98 Å². The predicted octanol–water partition coefficient (Wildman–Crippen LogP) is 2.90. The van der Waals surface area contributed by atoms with Crippen LogP contribution in [0.4, 0.5) is 10.5 Å². The molecule has 0 saturated carbocycles. The molecule has 0 radical (unpaired) electrons. The van der Waals surface area contributed by atoms with E-state index in [-0.39, 0.29) is 12.5 Å². The average Bonchev–Trinajstić information content (AvgIpc) is 3.10. The average molecular weight is 338 g/mol. The number of rotatable bonds is 5. The van der Waals surface area contributed by atoms with Gasteiger partial charge in [-0.25, -0.2) is 4.79 Å². The molecule has 0 aliphatic carbocycles. The molecule has 1 atom stereocenters. The SMILES string of the molecule is Cc1cccc(NC(=O)NC(CO)c2nc(-c3ccccc3)no2)c1. The van der Waals surface area contributed by atoms with Crippen molar-refractivity contribution in [2.45, 2.75) is 13.0 Å². The number of benzene rings is 2. The maximum Gasteiger partial charge on any atom is 0.319 e. The second-order valence-electron chi connectivity index (χ2n) is 5.53. The fraction of sp³-hybridized carbons (Fsp3) is 0.167. The number of aryl methyl sites for hydroxylation is 1. The van der Waals surface area contributed by atoms with Gasteiger partial charge in [-0.3, -0.25) is 0 Å². The van der Waals surface area contributed by atoms with Gasteiger partial charge in [0.25, 0.3) is 5.89 Å². The first-order valence-corrected chi connectivity index (χ1v) is 7.80. The van der Waals surface area contributed by atoms with Gasteiger partial charge in [0, 0.05) is 11.3 Å². The Morgan fingerprint density at radius 1 is 1.20 bits per heavy atom. The van der Waals surface area contributed by atoms with Gasteiger partial charge in [-0.15, -0.1) is 0 Å². The van der Waals surface area contributed by atoms with Crippen molar-refractivity contribution in [2.24, 2.45) is 0 Å². The largest absolute Gasteiger partial charge is 0.394 e. The Morgan fingerprint density at radius 3 is 2.72 bits per heavy atom. The summed E-state index contributed by atoms with van der Waals surface area (Å²) in [4.78, 5) is 16.4. The van der Waals surface area contributed by atoms with Crippen molar-refractivity contribution in [3.05, 3.63) is 66.1 Å². The fourth-order valence-electron chi connectivity index (χ4n) is 2.31. The molecule has 25 heavy (non-hydrogen) atoms. The summed E-state index contributed by atoms with van der Waals surface area (Å²) >= 11 is 0. The Balaban J connectivity index is 1.68. The standard InChI is InChI=1S/C18H18N4O3/c1-12-6-5-9-14(10-12)19-18(24)20-15(11-23)17-21-16(22-25-17)13-7-3-2-4-8-13/h2-10,15,23H,11H2,1H3,(H2,19,20,24). The van der Waals surface area contributed by atoms with Crippen molar-refractivity contribution in [3.63, 3.8) is 0 Å². The molecule has 0 saturated heterocycles. The van der Waals surface area contributed by atoms with Crippen LogP contribution in [-0.4, -0.2) is 27.9 Å². The summed E-state index contributed by atoms with van der Waals surface area (Å²) in [7, 11) is 0. The molecule has 3 N–H and O–H groups in total. The van der Waals surface area contributed by atoms with E-state index in [1.54, 1.807) is 6.07 Å². The molecule has 1 heterocycles. The van der Waals surface area contributed by atoms with Gasteiger partial charge in [-0.1, -0.05) is 47.6 Å². The molecule has 2 amide bonds. The molecule has 0 aliphatic rings. The number of amides is 2. The summed E-state index contributed by atoms with van der Waals surface area (Å²) in [5.74, 6) is 0.538. The van der Waals surface area contributed by atoms with E-state index in [0.29, 0.717) is 11.5 Å². The van der Waals surface area contributed by atoms with Crippen LogP contribution in [0.3, 0.4) is 0 Å². The van der Waals surface area contributed by atoms with E-state index < -0.39 is 12.1 Å². The molecule has 1 unspecified atom stereocenters. The summed E-state index contributed by atoms with van der Waals surface area (Å²) in [6.07, 6.45) is 0. The molecular weight excluding hydrogens is 320 g/mol. The minimum atomic E-state index is -0.797. The van der Waals surface area contributed by atoms with Gasteiger partial charge in [-0.05, 0) is 24.6 Å². The highest BCUT2D eigenvalue weighted by Gasteiger charge is 2.21. The Labute approximate surface area is 144 Å². The van der Waals surface area contributed by atoms with Crippen molar-refractivity contribution >= 4 is 11.7 Å². The second-order valence-corrected chi connectivity index (χ2v) is 5.53. The monoisotopic (exact) mass is 338 g/mol. The van der Waals surface area contributed by atoms with E-state index in [1.807, 2.05) is 55.5 Å². The number of nitrogens with one attached hydrogen (secondary N) is 2. The number of aliphatic hydroxyl groups excluding tert-OH is 1. The van der Waals surface area contributed by atoms with Gasteiger partial charge >= 0.3 is 6.03 Å². The van der Waals surface area contributed by atoms with Gasteiger partial charge in [0.05, 0.1) is 6.61 Å². The first kappa shape index (κ1) is 16.7. The van der Waals surface area contributed by atoms with E-state index in [9.17, 15) is 9.90 Å². The zero-order chi connectivity index (χ0) is 17.6. The summed E-state index contributed by atoms with van der Waals surface area (Å²) in [6, 6.07) is 15.4. The Hall–Kier alpha value is -3.19. The number of nitrogens with zero attached hydrogens (tertiary/aromatic N) is 2. The van der Waals surface area contributed by atoms with Crippen molar-refractivity contribution in [1.29, 1.82) is 0 Å². The van der Waals surface area contributed by atoms with Gasteiger partial charge in [0.15, 0.2) is 0 Å². The molecule has 7 heteroatoms. The third-order valence-corrected chi connectivity index (χ3v) is 3.54. The van der Waals surface area contributed by atoms with Gasteiger partial charge < -0.3 is 20.3 Å². The molecule has 7 nitrogen and oxygen atoms in total. The smallest absolute Gasteiger partial charge is 0.319 e. The number of aliphatic hydroxyl groups is 1. The van der Waals surface area contributed by atoms with Gasteiger partial charge in [0.1, 0.15) is 6.04 Å². The highest BCUT2D eigenvalue weighted by atomic mass is 16.5. The highest BCUT2D eigenvalue weighted by molar-refractivity contribution is 5.89. The molecular formula is C18H18N4O3. The molecule has 128 valence electrons. The number of hydrogen-bond acceptors (Lipinski definition) is 5. The third kappa shape index (κ3) is 4.21. The van der Waals surface area contributed by atoms with Crippen LogP contribution in [0.5, 0.6) is 0 Å². The Morgan fingerprint density at radius 2 is 2.00 bits per heavy atom. The minimum absolute atomic E-state index is 0.140. The van der Waals surface area contributed by atoms with Crippen LogP contribution in [0.1, 0.15) is 17.5 Å². The van der Waals surface area contributed by atoms with Crippen molar-refractivity contribution in [3.8, 4) is 11.4 Å². The maximum atomic E-state index is 12.1. The molecule has 3 rings (SSSR count). The van der Waals surface area contributed by atoms with Crippen LogP contribution in [0.25, 0.3) is 11.4 Å². The van der Waals surface area contributed by atoms with Crippen molar-refractivity contribution in [2.75, 3.05) is 11.9 Å². The predicted molar refractivity (Wildman–Crippen MR) is 92.9 cm³/mol. The normalized spacial score (nSPS) is 11.8. The Bertz CT molecular complexity index is 848. The lowest BCUT2D eigenvalue weighted by atomic mass is 10.2. The van der Waals surface area contributed by atoms with E-state index in [4.69, 9.17) is 4.52 Å². The van der Waals surface area contributed by atoms with Gasteiger partial charge in [0.2, 0.25) is 5.82 Å². The maximum absolute atomic E-state index is 12.1. The van der Waals surface area contributed by atoms with Crippen LogP contribution in [-0.2, 0) is 0 Å². The summed E-state index contributed by atoms with van der Waals surface area (Å²) < 4.78 is 5.18. The van der Waals surface area contributed by atoms with E-state index in [0.717, 1.165) is 11.1 Å². The number of aromatic nitrogens is 2.